The maximum absolute atomic E-state index is 11.4. The molecule has 1 atom stereocenters. The first-order valence-electron chi connectivity index (χ1n) is 5.46. The summed E-state index contributed by atoms with van der Waals surface area (Å²) in [6.07, 6.45) is 3.39. The van der Waals surface area contributed by atoms with Crippen LogP contribution in [0.3, 0.4) is 0 Å². The molecule has 4 nitrogen and oxygen atoms in total. The fourth-order valence-electron chi connectivity index (χ4n) is 1.12. The standard InChI is InChI=1S/C12H20O4/c1-5-6-7-16-12(14)10(3)8-9(2)11(13)15-4/h8-9H,5-7H2,1-4H3. The number of ether oxygens (including phenoxy) is 2. The normalized spacial score (nSPS) is 13.1. The Bertz CT molecular complexity index is 268. The predicted molar refractivity (Wildman–Crippen MR) is 60.8 cm³/mol. The van der Waals surface area contributed by atoms with Crippen LogP contribution in [0.15, 0.2) is 11.6 Å². The van der Waals surface area contributed by atoms with Gasteiger partial charge in [0.1, 0.15) is 0 Å². The summed E-state index contributed by atoms with van der Waals surface area (Å²) >= 11 is 0. The van der Waals surface area contributed by atoms with Crippen LogP contribution in [0.1, 0.15) is 33.6 Å². The van der Waals surface area contributed by atoms with Crippen LogP contribution in [0, 0.1) is 5.92 Å². The van der Waals surface area contributed by atoms with Crippen molar-refractivity contribution in [1.82, 2.24) is 0 Å². The van der Waals surface area contributed by atoms with E-state index < -0.39 is 5.92 Å². The molecule has 0 saturated heterocycles. The molecular formula is C12H20O4. The first-order valence-corrected chi connectivity index (χ1v) is 5.46. The summed E-state index contributed by atoms with van der Waals surface area (Å²) in [4.78, 5) is 22.5. The molecule has 0 saturated carbocycles. The quantitative estimate of drug-likeness (QED) is 0.397. The number of unbranched alkanes of at least 4 members (excludes halogenated alkanes) is 1. The average molecular weight is 228 g/mol. The van der Waals surface area contributed by atoms with Crippen molar-refractivity contribution in [1.29, 1.82) is 0 Å². The lowest BCUT2D eigenvalue weighted by molar-refractivity contribution is -0.143. The molecular weight excluding hydrogens is 208 g/mol. The fourth-order valence-corrected chi connectivity index (χ4v) is 1.12. The molecule has 0 radical (unpaired) electrons. The van der Waals surface area contributed by atoms with E-state index in [1.165, 1.54) is 7.11 Å². The summed E-state index contributed by atoms with van der Waals surface area (Å²) in [5.74, 6) is -1.16. The van der Waals surface area contributed by atoms with E-state index in [1.807, 2.05) is 6.92 Å². The smallest absolute Gasteiger partial charge is 0.333 e. The van der Waals surface area contributed by atoms with Crippen molar-refractivity contribution in [2.45, 2.75) is 33.6 Å². The zero-order valence-corrected chi connectivity index (χ0v) is 10.4. The summed E-state index contributed by atoms with van der Waals surface area (Å²) in [6.45, 7) is 5.76. The van der Waals surface area contributed by atoms with E-state index in [2.05, 4.69) is 4.74 Å². The van der Waals surface area contributed by atoms with Crippen molar-refractivity contribution >= 4 is 11.9 Å². The van der Waals surface area contributed by atoms with Gasteiger partial charge in [-0.25, -0.2) is 4.79 Å². The third-order valence-electron chi connectivity index (χ3n) is 2.13. The lowest BCUT2D eigenvalue weighted by Gasteiger charge is -2.07. The van der Waals surface area contributed by atoms with E-state index in [-0.39, 0.29) is 11.9 Å². The molecule has 0 aromatic rings. The average Bonchev–Trinajstić information content (AvgIpc) is 2.27. The van der Waals surface area contributed by atoms with Crippen LogP contribution >= 0.6 is 0 Å². The van der Waals surface area contributed by atoms with Crippen molar-refractivity contribution < 1.29 is 19.1 Å². The molecule has 0 aromatic carbocycles. The summed E-state index contributed by atoms with van der Waals surface area (Å²) in [5.41, 5.74) is 0.439. The second-order valence-electron chi connectivity index (χ2n) is 3.65. The molecule has 0 aromatic heterocycles. The molecule has 0 fully saturated rings. The first kappa shape index (κ1) is 14.7. The third kappa shape index (κ3) is 5.53. The van der Waals surface area contributed by atoms with Gasteiger partial charge in [0.15, 0.2) is 0 Å². The monoisotopic (exact) mass is 228 g/mol. The van der Waals surface area contributed by atoms with E-state index in [4.69, 9.17) is 4.74 Å². The number of hydrogen-bond donors (Lipinski definition) is 0. The minimum atomic E-state index is -0.427. The number of methoxy groups -OCH3 is 1. The Labute approximate surface area is 96.6 Å². The van der Waals surface area contributed by atoms with Gasteiger partial charge >= 0.3 is 11.9 Å². The molecule has 0 aliphatic rings. The highest BCUT2D eigenvalue weighted by Gasteiger charge is 2.13. The molecule has 0 N–H and O–H groups in total. The predicted octanol–water partition coefficient (Wildman–Crippen LogP) is 2.09. The van der Waals surface area contributed by atoms with Gasteiger partial charge in [0.25, 0.3) is 0 Å². The number of carbonyl (C=O) groups is 2. The molecule has 0 bridgehead atoms. The number of hydrogen-bond acceptors (Lipinski definition) is 4. The molecule has 92 valence electrons. The van der Waals surface area contributed by atoms with Crippen molar-refractivity contribution in [2.24, 2.45) is 5.92 Å². The van der Waals surface area contributed by atoms with Crippen LogP contribution < -0.4 is 0 Å². The maximum atomic E-state index is 11.4. The van der Waals surface area contributed by atoms with Crippen LogP contribution in [-0.4, -0.2) is 25.7 Å². The summed E-state index contributed by atoms with van der Waals surface area (Å²) in [6, 6.07) is 0. The van der Waals surface area contributed by atoms with Gasteiger partial charge in [0.05, 0.1) is 19.6 Å². The highest BCUT2D eigenvalue weighted by Crippen LogP contribution is 2.06. The van der Waals surface area contributed by atoms with Crippen molar-refractivity contribution in [3.8, 4) is 0 Å². The minimum Gasteiger partial charge on any atom is -0.469 e. The molecule has 0 amide bonds. The van der Waals surface area contributed by atoms with Crippen LogP contribution in [0.5, 0.6) is 0 Å². The van der Waals surface area contributed by atoms with Gasteiger partial charge in [-0.15, -0.1) is 0 Å². The Kier molecular flexibility index (Phi) is 7.25. The highest BCUT2D eigenvalue weighted by molar-refractivity contribution is 5.89. The van der Waals surface area contributed by atoms with Gasteiger partial charge in [-0.2, -0.15) is 0 Å². The van der Waals surface area contributed by atoms with Gasteiger partial charge in [0.2, 0.25) is 0 Å². The van der Waals surface area contributed by atoms with Crippen LogP contribution in [0.25, 0.3) is 0 Å². The molecule has 0 rings (SSSR count). The second-order valence-corrected chi connectivity index (χ2v) is 3.65. The Hall–Kier alpha value is -1.32. The molecule has 16 heavy (non-hydrogen) atoms. The van der Waals surface area contributed by atoms with Crippen molar-refractivity contribution in [3.05, 3.63) is 11.6 Å². The topological polar surface area (TPSA) is 52.6 Å². The van der Waals surface area contributed by atoms with E-state index >= 15 is 0 Å². The largest absolute Gasteiger partial charge is 0.469 e. The van der Waals surface area contributed by atoms with Gasteiger partial charge in [-0.05, 0) is 20.3 Å². The number of carbonyl (C=O) groups excluding carboxylic acids is 2. The zero-order chi connectivity index (χ0) is 12.6. The van der Waals surface area contributed by atoms with E-state index in [0.717, 1.165) is 12.8 Å². The Balaban J connectivity index is 4.20. The Morgan fingerprint density at radius 3 is 2.50 bits per heavy atom. The molecule has 0 aliphatic carbocycles. The van der Waals surface area contributed by atoms with Crippen LogP contribution in [-0.2, 0) is 19.1 Å². The molecule has 1 unspecified atom stereocenters. The number of rotatable bonds is 6. The lowest BCUT2D eigenvalue weighted by atomic mass is 10.1. The SMILES string of the molecule is CCCCOC(=O)C(C)=CC(C)C(=O)OC. The zero-order valence-electron chi connectivity index (χ0n) is 10.4. The summed E-state index contributed by atoms with van der Waals surface area (Å²) < 4.78 is 9.55. The van der Waals surface area contributed by atoms with E-state index in [9.17, 15) is 9.59 Å². The van der Waals surface area contributed by atoms with Crippen molar-refractivity contribution in [3.63, 3.8) is 0 Å². The number of esters is 2. The molecule has 4 heteroatoms. The van der Waals surface area contributed by atoms with Crippen LogP contribution in [0.2, 0.25) is 0 Å². The Morgan fingerprint density at radius 1 is 1.38 bits per heavy atom. The third-order valence-corrected chi connectivity index (χ3v) is 2.13. The summed E-state index contributed by atoms with van der Waals surface area (Å²) in [5, 5.41) is 0. The van der Waals surface area contributed by atoms with Crippen molar-refractivity contribution in [2.75, 3.05) is 13.7 Å². The maximum Gasteiger partial charge on any atom is 0.333 e. The second kappa shape index (κ2) is 7.91. The lowest BCUT2D eigenvalue weighted by Crippen LogP contribution is -2.13. The van der Waals surface area contributed by atoms with E-state index in [1.54, 1.807) is 19.9 Å². The van der Waals surface area contributed by atoms with Gasteiger partial charge in [0, 0.05) is 5.57 Å². The Morgan fingerprint density at radius 2 is 2.00 bits per heavy atom. The molecule has 0 aliphatic heterocycles. The molecule has 0 heterocycles. The highest BCUT2D eigenvalue weighted by atomic mass is 16.5. The summed E-state index contributed by atoms with van der Waals surface area (Å²) in [7, 11) is 1.32. The molecule has 0 spiro atoms. The first-order chi connectivity index (χ1) is 7.52. The van der Waals surface area contributed by atoms with Crippen LogP contribution in [0.4, 0.5) is 0 Å². The van der Waals surface area contributed by atoms with Gasteiger partial charge in [-0.3, -0.25) is 4.79 Å². The van der Waals surface area contributed by atoms with Gasteiger partial charge < -0.3 is 9.47 Å². The fraction of sp³-hybridized carbons (Fsp3) is 0.667. The minimum absolute atomic E-state index is 0.360. The van der Waals surface area contributed by atoms with E-state index in [0.29, 0.717) is 12.2 Å². The van der Waals surface area contributed by atoms with Gasteiger partial charge in [-0.1, -0.05) is 19.4 Å².